The van der Waals surface area contributed by atoms with Gasteiger partial charge >= 0.3 is 11.9 Å². The van der Waals surface area contributed by atoms with E-state index in [9.17, 15) is 14.7 Å². The average Bonchev–Trinajstić information content (AvgIpc) is 3.09. The van der Waals surface area contributed by atoms with Gasteiger partial charge in [-0.1, -0.05) is 157 Å². The molecule has 0 aliphatic carbocycles. The summed E-state index contributed by atoms with van der Waals surface area (Å²) >= 11 is 0. The number of esters is 2. The number of hydrogen-bond acceptors (Lipinski definition) is 6. The van der Waals surface area contributed by atoms with E-state index in [1.165, 1.54) is 96.3 Å². The molecule has 0 amide bonds. The molecule has 0 atom stereocenters. The van der Waals surface area contributed by atoms with Crippen LogP contribution in [0.5, 0.6) is 0 Å². The van der Waals surface area contributed by atoms with Gasteiger partial charge in [0.25, 0.3) is 0 Å². The van der Waals surface area contributed by atoms with Crippen molar-refractivity contribution in [3.8, 4) is 0 Å². The molecule has 0 bridgehead atoms. The van der Waals surface area contributed by atoms with Crippen molar-refractivity contribution in [1.82, 2.24) is 4.90 Å². The number of hydrogen-bond donors (Lipinski definition) is 1. The van der Waals surface area contributed by atoms with Crippen molar-refractivity contribution in [3.05, 3.63) is 0 Å². The van der Waals surface area contributed by atoms with Crippen LogP contribution in [0.2, 0.25) is 0 Å². The number of carbonyl (C=O) groups is 2. The molecule has 0 unspecified atom stereocenters. The second-order valence-electron chi connectivity index (χ2n) is 16.1. The van der Waals surface area contributed by atoms with Gasteiger partial charge in [-0.05, 0) is 75.8 Å². The lowest BCUT2D eigenvalue weighted by atomic mass is 9.83. The van der Waals surface area contributed by atoms with Crippen molar-refractivity contribution in [2.45, 2.75) is 221 Å². The van der Waals surface area contributed by atoms with Crippen LogP contribution in [-0.4, -0.2) is 61.4 Å². The zero-order chi connectivity index (χ0) is 37.0. The number of rotatable bonds is 39. The van der Waals surface area contributed by atoms with Crippen LogP contribution in [0, 0.1) is 11.3 Å². The van der Waals surface area contributed by atoms with E-state index in [0.717, 1.165) is 96.7 Å². The molecule has 0 saturated carbocycles. The summed E-state index contributed by atoms with van der Waals surface area (Å²) in [5.41, 5.74) is 0.223. The van der Waals surface area contributed by atoms with Gasteiger partial charge in [-0.25, -0.2) is 0 Å². The highest BCUT2D eigenvalue weighted by Gasteiger charge is 2.18. The topological polar surface area (TPSA) is 76.1 Å². The van der Waals surface area contributed by atoms with Gasteiger partial charge in [0.05, 0.1) is 19.8 Å². The Labute approximate surface area is 312 Å². The van der Waals surface area contributed by atoms with Crippen molar-refractivity contribution < 1.29 is 24.2 Å². The lowest BCUT2D eigenvalue weighted by molar-refractivity contribution is -0.145. The molecule has 0 radical (unpaired) electrons. The Balaban J connectivity index is 3.99. The van der Waals surface area contributed by atoms with E-state index in [0.29, 0.717) is 32.0 Å². The maximum Gasteiger partial charge on any atom is 0.305 e. The molecule has 0 rings (SSSR count). The molecule has 0 aliphatic heterocycles. The smallest absolute Gasteiger partial charge is 0.305 e. The highest BCUT2D eigenvalue weighted by molar-refractivity contribution is 5.69. The Kier molecular flexibility index (Phi) is 35.4. The normalized spacial score (nSPS) is 11.9. The molecule has 0 spiro atoms. The second kappa shape index (κ2) is 36.2. The molecule has 6 heteroatoms. The number of aliphatic hydroxyl groups excluding tert-OH is 1. The lowest BCUT2D eigenvalue weighted by Crippen LogP contribution is -2.30. The summed E-state index contributed by atoms with van der Waals surface area (Å²) in [6.45, 7) is 15.5. The second-order valence-corrected chi connectivity index (χ2v) is 16.1. The van der Waals surface area contributed by atoms with Gasteiger partial charge in [0, 0.05) is 19.4 Å². The predicted molar refractivity (Wildman–Crippen MR) is 214 cm³/mol. The minimum Gasteiger partial charge on any atom is -0.466 e. The Bertz CT molecular complexity index is 730. The Morgan fingerprint density at radius 2 is 0.960 bits per heavy atom. The summed E-state index contributed by atoms with van der Waals surface area (Å²) in [5.74, 6) is 0.659. The third-order valence-corrected chi connectivity index (χ3v) is 10.6. The van der Waals surface area contributed by atoms with Gasteiger partial charge < -0.3 is 19.5 Å². The largest absolute Gasteiger partial charge is 0.466 e. The monoisotopic (exact) mass is 710 g/mol. The fourth-order valence-corrected chi connectivity index (χ4v) is 7.12. The van der Waals surface area contributed by atoms with Crippen molar-refractivity contribution in [1.29, 1.82) is 0 Å². The number of ether oxygens (including phenoxy) is 2. The van der Waals surface area contributed by atoms with Gasteiger partial charge in [0.2, 0.25) is 0 Å². The van der Waals surface area contributed by atoms with Crippen LogP contribution in [-0.2, 0) is 19.1 Å². The maximum atomic E-state index is 12.3. The number of aliphatic hydroxyl groups is 1. The van der Waals surface area contributed by atoms with E-state index in [1.54, 1.807) is 0 Å². The molecule has 0 aromatic heterocycles. The summed E-state index contributed by atoms with van der Waals surface area (Å²) in [5, 5.41) is 9.60. The summed E-state index contributed by atoms with van der Waals surface area (Å²) in [6, 6.07) is 0. The first-order valence-corrected chi connectivity index (χ1v) is 21.9. The summed E-state index contributed by atoms with van der Waals surface area (Å²) in [7, 11) is 0. The first-order chi connectivity index (χ1) is 24.3. The predicted octanol–water partition coefficient (Wildman–Crippen LogP) is 12.4. The summed E-state index contributed by atoms with van der Waals surface area (Å²) in [4.78, 5) is 26.8. The Hall–Kier alpha value is -1.14. The highest BCUT2D eigenvalue weighted by atomic mass is 16.5. The summed E-state index contributed by atoms with van der Waals surface area (Å²) in [6.07, 6.45) is 33.4. The van der Waals surface area contributed by atoms with Crippen LogP contribution in [0.15, 0.2) is 0 Å². The van der Waals surface area contributed by atoms with E-state index >= 15 is 0 Å². The van der Waals surface area contributed by atoms with Gasteiger partial charge in [0.1, 0.15) is 0 Å². The lowest BCUT2D eigenvalue weighted by Gasteiger charge is -2.27. The van der Waals surface area contributed by atoms with Crippen molar-refractivity contribution in [2.24, 2.45) is 11.3 Å². The number of carbonyl (C=O) groups excluding carboxylic acids is 2. The zero-order valence-corrected chi connectivity index (χ0v) is 34.4. The van der Waals surface area contributed by atoms with E-state index in [-0.39, 0.29) is 24.0 Å². The van der Waals surface area contributed by atoms with Crippen molar-refractivity contribution in [2.75, 3.05) is 39.5 Å². The van der Waals surface area contributed by atoms with Crippen LogP contribution in [0.3, 0.4) is 0 Å². The maximum absolute atomic E-state index is 12.3. The first-order valence-electron chi connectivity index (χ1n) is 21.9. The molecule has 0 fully saturated rings. The zero-order valence-electron chi connectivity index (χ0n) is 34.4. The Morgan fingerprint density at radius 3 is 1.50 bits per heavy atom. The number of unbranched alkanes of at least 4 members (excludes halogenated alkanes) is 16. The highest BCUT2D eigenvalue weighted by Crippen LogP contribution is 2.28. The molecule has 6 nitrogen and oxygen atoms in total. The third kappa shape index (κ3) is 34.0. The van der Waals surface area contributed by atoms with Gasteiger partial charge in [0.15, 0.2) is 0 Å². The Morgan fingerprint density at radius 1 is 0.520 bits per heavy atom. The van der Waals surface area contributed by atoms with E-state index in [2.05, 4.69) is 39.5 Å². The van der Waals surface area contributed by atoms with Gasteiger partial charge in [-0.3, -0.25) is 9.59 Å². The molecule has 0 saturated heterocycles. The molecule has 0 aromatic carbocycles. The molecule has 0 heterocycles. The minimum absolute atomic E-state index is 0.0161. The number of nitrogens with zero attached hydrogens (tertiary/aromatic N) is 1. The van der Waals surface area contributed by atoms with Crippen LogP contribution < -0.4 is 0 Å². The standard InChI is InChI=1S/C44H87NO5/c1-6-9-12-15-16-18-23-30-42(47)49-39-27-34-44(4,5)33-26-36-45(37-38-46)35-25-20-17-19-24-31-43(48)50-40-32-41(28-21-13-10-7-2)29-22-14-11-8-3/h41,46H,6-40H2,1-5H3. The van der Waals surface area contributed by atoms with Crippen LogP contribution in [0.4, 0.5) is 0 Å². The first kappa shape index (κ1) is 48.9. The SMILES string of the molecule is CCCCCCCCCC(=O)OCCCC(C)(C)CCCN(CCO)CCCCCCCC(=O)OCCC(CCCCCC)CCCCCC. The third-order valence-electron chi connectivity index (χ3n) is 10.6. The van der Waals surface area contributed by atoms with Crippen LogP contribution in [0.25, 0.3) is 0 Å². The van der Waals surface area contributed by atoms with Crippen LogP contribution in [0.1, 0.15) is 221 Å². The molecular formula is C44H87NO5. The quantitative estimate of drug-likeness (QED) is 0.0506. The van der Waals surface area contributed by atoms with E-state index in [1.807, 2.05) is 0 Å². The molecule has 298 valence electrons. The summed E-state index contributed by atoms with van der Waals surface area (Å²) < 4.78 is 11.2. The van der Waals surface area contributed by atoms with E-state index < -0.39 is 0 Å². The molecule has 1 N–H and O–H groups in total. The molecule has 0 aliphatic rings. The minimum atomic E-state index is -0.0334. The van der Waals surface area contributed by atoms with Crippen molar-refractivity contribution in [3.63, 3.8) is 0 Å². The molecule has 50 heavy (non-hydrogen) atoms. The molecular weight excluding hydrogens is 622 g/mol. The molecule has 0 aromatic rings. The van der Waals surface area contributed by atoms with Crippen LogP contribution >= 0.6 is 0 Å². The van der Waals surface area contributed by atoms with Crippen molar-refractivity contribution >= 4 is 11.9 Å². The fourth-order valence-electron chi connectivity index (χ4n) is 7.12. The average molecular weight is 710 g/mol. The van der Waals surface area contributed by atoms with E-state index in [4.69, 9.17) is 9.47 Å². The fraction of sp³-hybridized carbons (Fsp3) is 0.955. The van der Waals surface area contributed by atoms with Gasteiger partial charge in [-0.15, -0.1) is 0 Å². The van der Waals surface area contributed by atoms with Gasteiger partial charge in [-0.2, -0.15) is 0 Å².